The molecule has 0 amide bonds. The summed E-state index contributed by atoms with van der Waals surface area (Å²) in [5.74, 6) is 0. The molecule has 1 fully saturated rings. The van der Waals surface area contributed by atoms with E-state index in [1.165, 1.54) is 5.06 Å². The maximum absolute atomic E-state index is 9.26. The van der Waals surface area contributed by atoms with Gasteiger partial charge in [-0.3, -0.25) is 0 Å². The molecule has 1 aliphatic heterocycles. The van der Waals surface area contributed by atoms with Gasteiger partial charge in [-0.25, -0.2) is 0 Å². The average Bonchev–Trinajstić information content (AvgIpc) is 2.11. The van der Waals surface area contributed by atoms with Gasteiger partial charge in [-0.2, -0.15) is 5.06 Å². The lowest BCUT2D eigenvalue weighted by Crippen LogP contribution is -2.37. The Morgan fingerprint density at radius 3 is 2.00 bits per heavy atom. The number of hydrogen-bond acceptors (Lipinski definition) is 2. The van der Waals surface area contributed by atoms with E-state index < -0.39 is 0 Å². The monoisotopic (exact) mass is 181 g/mol. The Kier molecular flexibility index (Phi) is 3.70. The van der Waals surface area contributed by atoms with Gasteiger partial charge in [0.2, 0.25) is 0 Å². The molecule has 0 unspecified atom stereocenters. The van der Waals surface area contributed by atoms with E-state index in [9.17, 15) is 5.21 Å². The SMILES string of the molecule is C=CCC1(CC=C)CCN(O)CC1. The van der Waals surface area contributed by atoms with E-state index in [0.29, 0.717) is 5.41 Å². The molecule has 0 bridgehead atoms. The molecule has 0 aromatic heterocycles. The van der Waals surface area contributed by atoms with Gasteiger partial charge in [0.1, 0.15) is 0 Å². The Balaban J connectivity index is 2.56. The van der Waals surface area contributed by atoms with E-state index in [1.54, 1.807) is 0 Å². The lowest BCUT2D eigenvalue weighted by Gasteiger charge is -2.38. The van der Waals surface area contributed by atoms with E-state index in [2.05, 4.69) is 13.2 Å². The second-order valence-electron chi connectivity index (χ2n) is 3.94. The number of piperidine rings is 1. The van der Waals surface area contributed by atoms with Gasteiger partial charge < -0.3 is 5.21 Å². The first-order valence-electron chi connectivity index (χ1n) is 4.88. The summed E-state index contributed by atoms with van der Waals surface area (Å²) in [7, 11) is 0. The molecule has 1 saturated heterocycles. The highest BCUT2D eigenvalue weighted by molar-refractivity contribution is 4.94. The minimum absolute atomic E-state index is 0.322. The van der Waals surface area contributed by atoms with Crippen molar-refractivity contribution in [3.63, 3.8) is 0 Å². The minimum Gasteiger partial charge on any atom is -0.314 e. The van der Waals surface area contributed by atoms with Crippen LogP contribution in [-0.2, 0) is 0 Å². The maximum atomic E-state index is 9.26. The van der Waals surface area contributed by atoms with Crippen molar-refractivity contribution in [3.05, 3.63) is 25.3 Å². The Morgan fingerprint density at radius 1 is 1.15 bits per heavy atom. The first-order chi connectivity index (χ1) is 6.22. The van der Waals surface area contributed by atoms with Gasteiger partial charge >= 0.3 is 0 Å². The van der Waals surface area contributed by atoms with Crippen LogP contribution in [-0.4, -0.2) is 23.4 Å². The van der Waals surface area contributed by atoms with Crippen molar-refractivity contribution in [2.75, 3.05) is 13.1 Å². The molecular formula is C11H19NO. The molecule has 1 aliphatic rings. The second-order valence-corrected chi connectivity index (χ2v) is 3.94. The Labute approximate surface area is 80.5 Å². The van der Waals surface area contributed by atoms with Crippen LogP contribution in [0.5, 0.6) is 0 Å². The molecule has 0 aromatic carbocycles. The van der Waals surface area contributed by atoms with Gasteiger partial charge in [0, 0.05) is 13.1 Å². The highest BCUT2D eigenvalue weighted by Crippen LogP contribution is 2.38. The van der Waals surface area contributed by atoms with Gasteiger partial charge in [0.25, 0.3) is 0 Å². The van der Waals surface area contributed by atoms with Crippen LogP contribution in [0.3, 0.4) is 0 Å². The van der Waals surface area contributed by atoms with Crippen LogP contribution in [0.2, 0.25) is 0 Å². The van der Waals surface area contributed by atoms with Gasteiger partial charge in [-0.1, -0.05) is 12.2 Å². The molecule has 13 heavy (non-hydrogen) atoms. The molecule has 1 N–H and O–H groups in total. The molecule has 1 rings (SSSR count). The summed E-state index contributed by atoms with van der Waals surface area (Å²) < 4.78 is 0. The molecule has 0 aromatic rings. The summed E-state index contributed by atoms with van der Waals surface area (Å²) >= 11 is 0. The fraction of sp³-hybridized carbons (Fsp3) is 0.636. The number of rotatable bonds is 4. The van der Waals surface area contributed by atoms with Crippen molar-refractivity contribution in [2.45, 2.75) is 25.7 Å². The molecule has 0 saturated carbocycles. The molecule has 0 radical (unpaired) electrons. The first-order valence-corrected chi connectivity index (χ1v) is 4.88. The molecule has 1 heterocycles. The smallest absolute Gasteiger partial charge is 0.0243 e. The highest BCUT2D eigenvalue weighted by atomic mass is 16.5. The third-order valence-corrected chi connectivity index (χ3v) is 2.96. The number of allylic oxidation sites excluding steroid dienone is 2. The summed E-state index contributed by atoms with van der Waals surface area (Å²) in [5.41, 5.74) is 0.322. The van der Waals surface area contributed by atoms with Gasteiger partial charge in [0.15, 0.2) is 0 Å². The number of hydrogen-bond donors (Lipinski definition) is 1. The summed E-state index contributed by atoms with van der Waals surface area (Å²) in [6, 6.07) is 0. The van der Waals surface area contributed by atoms with Gasteiger partial charge in [-0.15, -0.1) is 13.2 Å². The normalized spacial score (nSPS) is 22.5. The Morgan fingerprint density at radius 2 is 1.62 bits per heavy atom. The molecule has 2 nitrogen and oxygen atoms in total. The fourth-order valence-corrected chi connectivity index (χ4v) is 2.07. The molecule has 0 spiro atoms. The third-order valence-electron chi connectivity index (χ3n) is 2.96. The number of hydroxylamine groups is 2. The van der Waals surface area contributed by atoms with Crippen molar-refractivity contribution in [1.29, 1.82) is 0 Å². The predicted octanol–water partition coefficient (Wildman–Crippen LogP) is 2.61. The van der Waals surface area contributed by atoms with Crippen LogP contribution < -0.4 is 0 Å². The van der Waals surface area contributed by atoms with Crippen LogP contribution in [0.1, 0.15) is 25.7 Å². The lowest BCUT2D eigenvalue weighted by atomic mass is 9.73. The zero-order valence-electron chi connectivity index (χ0n) is 8.21. The maximum Gasteiger partial charge on any atom is 0.0243 e. The van der Waals surface area contributed by atoms with Crippen molar-refractivity contribution in [1.82, 2.24) is 5.06 Å². The van der Waals surface area contributed by atoms with Gasteiger partial charge in [0.05, 0.1) is 0 Å². The zero-order chi connectivity index (χ0) is 9.73. The molecule has 0 atom stereocenters. The fourth-order valence-electron chi connectivity index (χ4n) is 2.07. The van der Waals surface area contributed by atoms with Gasteiger partial charge in [-0.05, 0) is 31.1 Å². The van der Waals surface area contributed by atoms with E-state index in [4.69, 9.17) is 0 Å². The van der Waals surface area contributed by atoms with Crippen LogP contribution in [0.4, 0.5) is 0 Å². The van der Waals surface area contributed by atoms with Crippen LogP contribution >= 0.6 is 0 Å². The quantitative estimate of drug-likeness (QED) is 0.674. The summed E-state index contributed by atoms with van der Waals surface area (Å²) in [6.45, 7) is 9.14. The van der Waals surface area contributed by atoms with Crippen molar-refractivity contribution < 1.29 is 5.21 Å². The molecule has 2 heteroatoms. The van der Waals surface area contributed by atoms with Crippen LogP contribution in [0.15, 0.2) is 25.3 Å². The standard InChI is InChI=1S/C11H19NO/c1-3-5-11(6-4-2)7-9-12(13)10-8-11/h3-4,13H,1-2,5-10H2. The van der Waals surface area contributed by atoms with Crippen LogP contribution in [0, 0.1) is 5.41 Å². The largest absolute Gasteiger partial charge is 0.314 e. The molecule has 0 aliphatic carbocycles. The van der Waals surface area contributed by atoms with Crippen LogP contribution in [0.25, 0.3) is 0 Å². The Bertz CT molecular complexity index is 169. The van der Waals surface area contributed by atoms with Crippen molar-refractivity contribution in [3.8, 4) is 0 Å². The summed E-state index contributed by atoms with van der Waals surface area (Å²) in [6.07, 6.45) is 8.12. The lowest BCUT2D eigenvalue weighted by molar-refractivity contribution is -0.125. The third kappa shape index (κ3) is 2.68. The Hall–Kier alpha value is -0.600. The predicted molar refractivity (Wildman–Crippen MR) is 54.7 cm³/mol. The van der Waals surface area contributed by atoms with E-state index in [1.807, 2.05) is 12.2 Å². The minimum atomic E-state index is 0.322. The average molecular weight is 181 g/mol. The van der Waals surface area contributed by atoms with E-state index in [0.717, 1.165) is 38.8 Å². The molecule has 74 valence electrons. The van der Waals surface area contributed by atoms with Crippen molar-refractivity contribution in [2.24, 2.45) is 5.41 Å². The highest BCUT2D eigenvalue weighted by Gasteiger charge is 2.31. The first kappa shape index (κ1) is 10.5. The topological polar surface area (TPSA) is 23.5 Å². The number of nitrogens with zero attached hydrogens (tertiary/aromatic N) is 1. The summed E-state index contributed by atoms with van der Waals surface area (Å²) in [4.78, 5) is 0. The zero-order valence-corrected chi connectivity index (χ0v) is 8.21. The van der Waals surface area contributed by atoms with E-state index in [-0.39, 0.29) is 0 Å². The molecular weight excluding hydrogens is 162 g/mol. The van der Waals surface area contributed by atoms with Crippen molar-refractivity contribution >= 4 is 0 Å². The van der Waals surface area contributed by atoms with E-state index >= 15 is 0 Å². The second kappa shape index (κ2) is 4.58. The summed E-state index contributed by atoms with van der Waals surface area (Å²) in [5, 5.41) is 10.7.